The van der Waals surface area contributed by atoms with E-state index < -0.39 is 0 Å². The van der Waals surface area contributed by atoms with Crippen LogP contribution in [0.5, 0.6) is 0 Å². The van der Waals surface area contributed by atoms with Crippen molar-refractivity contribution in [2.24, 2.45) is 0 Å². The number of hydrogen-bond acceptors (Lipinski definition) is 3. The Morgan fingerprint density at radius 1 is 0.960 bits per heavy atom. The Morgan fingerprint density at radius 3 is 2.40 bits per heavy atom. The standard InChI is InChI=1S/C20H25N3O2/c1-16(24)21-12-7-13-22-20(25)18-10-6-11-19(14-18)23(2)15-17-8-4-3-5-9-17/h3-6,8-11,14H,7,12-13,15H2,1-2H3,(H,21,24)(H,22,25). The van der Waals surface area contributed by atoms with E-state index in [1.54, 1.807) is 0 Å². The minimum atomic E-state index is -0.0993. The zero-order valence-electron chi connectivity index (χ0n) is 14.8. The van der Waals surface area contributed by atoms with Crippen LogP contribution in [0.2, 0.25) is 0 Å². The Morgan fingerprint density at radius 2 is 1.68 bits per heavy atom. The number of benzene rings is 2. The van der Waals surface area contributed by atoms with Gasteiger partial charge in [0.25, 0.3) is 5.91 Å². The maximum Gasteiger partial charge on any atom is 0.251 e. The van der Waals surface area contributed by atoms with Crippen molar-refractivity contribution in [3.05, 3.63) is 65.7 Å². The third kappa shape index (κ3) is 6.30. The van der Waals surface area contributed by atoms with Gasteiger partial charge in [-0.3, -0.25) is 9.59 Å². The van der Waals surface area contributed by atoms with Crippen LogP contribution in [0.1, 0.15) is 29.3 Å². The Kier molecular flexibility index (Phi) is 7.01. The molecule has 5 nitrogen and oxygen atoms in total. The number of hydrogen-bond donors (Lipinski definition) is 2. The van der Waals surface area contributed by atoms with Crippen LogP contribution < -0.4 is 15.5 Å². The molecule has 2 amide bonds. The second kappa shape index (κ2) is 9.47. The summed E-state index contributed by atoms with van der Waals surface area (Å²) in [5.41, 5.74) is 2.85. The zero-order chi connectivity index (χ0) is 18.1. The number of nitrogens with one attached hydrogen (secondary N) is 2. The number of carbonyl (C=O) groups is 2. The molecule has 0 aliphatic heterocycles. The molecule has 0 saturated heterocycles. The molecular weight excluding hydrogens is 314 g/mol. The fraction of sp³-hybridized carbons (Fsp3) is 0.300. The summed E-state index contributed by atoms with van der Waals surface area (Å²) in [7, 11) is 2.01. The predicted molar refractivity (Wildman–Crippen MR) is 101 cm³/mol. The van der Waals surface area contributed by atoms with Crippen LogP contribution in [0.15, 0.2) is 54.6 Å². The number of carbonyl (C=O) groups excluding carboxylic acids is 2. The van der Waals surface area contributed by atoms with Crippen LogP contribution in [0.3, 0.4) is 0 Å². The van der Waals surface area contributed by atoms with Gasteiger partial charge in [0.1, 0.15) is 0 Å². The average Bonchev–Trinajstić information content (AvgIpc) is 2.62. The molecule has 2 rings (SSSR count). The van der Waals surface area contributed by atoms with Gasteiger partial charge in [0.15, 0.2) is 0 Å². The number of nitrogens with zero attached hydrogens (tertiary/aromatic N) is 1. The first-order chi connectivity index (χ1) is 12.1. The molecular formula is C20H25N3O2. The van der Waals surface area contributed by atoms with Crippen LogP contribution in [0.4, 0.5) is 5.69 Å². The molecule has 0 fully saturated rings. The Labute approximate surface area is 149 Å². The van der Waals surface area contributed by atoms with E-state index in [9.17, 15) is 9.59 Å². The predicted octanol–water partition coefficient (Wildman–Crippen LogP) is 2.58. The zero-order valence-corrected chi connectivity index (χ0v) is 14.8. The minimum Gasteiger partial charge on any atom is -0.370 e. The molecule has 0 heterocycles. The van der Waals surface area contributed by atoms with E-state index in [4.69, 9.17) is 0 Å². The summed E-state index contributed by atoms with van der Waals surface area (Å²) in [5, 5.41) is 5.59. The van der Waals surface area contributed by atoms with Crippen molar-refractivity contribution in [1.82, 2.24) is 10.6 Å². The maximum atomic E-state index is 12.3. The van der Waals surface area contributed by atoms with Crippen LogP contribution in [-0.4, -0.2) is 32.0 Å². The molecule has 0 spiro atoms. The van der Waals surface area contributed by atoms with Crippen molar-refractivity contribution in [3.63, 3.8) is 0 Å². The monoisotopic (exact) mass is 339 g/mol. The third-order valence-electron chi connectivity index (χ3n) is 3.82. The highest BCUT2D eigenvalue weighted by molar-refractivity contribution is 5.95. The van der Waals surface area contributed by atoms with Crippen molar-refractivity contribution in [2.45, 2.75) is 19.9 Å². The highest BCUT2D eigenvalue weighted by Gasteiger charge is 2.08. The highest BCUT2D eigenvalue weighted by atomic mass is 16.2. The van der Waals surface area contributed by atoms with Gasteiger partial charge in [-0.05, 0) is 30.2 Å². The molecule has 0 aliphatic carbocycles. The molecule has 0 atom stereocenters. The van der Waals surface area contributed by atoms with Crippen LogP contribution in [0.25, 0.3) is 0 Å². The topological polar surface area (TPSA) is 61.4 Å². The molecule has 25 heavy (non-hydrogen) atoms. The summed E-state index contributed by atoms with van der Waals surface area (Å²) in [6.07, 6.45) is 0.707. The highest BCUT2D eigenvalue weighted by Crippen LogP contribution is 2.17. The fourth-order valence-electron chi connectivity index (χ4n) is 2.49. The van der Waals surface area contributed by atoms with E-state index in [0.717, 1.165) is 12.2 Å². The smallest absolute Gasteiger partial charge is 0.251 e. The summed E-state index contributed by atoms with van der Waals surface area (Å²) in [5.74, 6) is -0.154. The van der Waals surface area contributed by atoms with Crippen molar-refractivity contribution in [3.8, 4) is 0 Å². The van der Waals surface area contributed by atoms with E-state index in [1.807, 2.05) is 49.5 Å². The van der Waals surface area contributed by atoms with Gasteiger partial charge in [-0.25, -0.2) is 0 Å². The Bertz CT molecular complexity index is 701. The molecule has 2 aromatic rings. The Balaban J connectivity index is 1.89. The SMILES string of the molecule is CC(=O)NCCCNC(=O)c1cccc(N(C)Cc2ccccc2)c1. The first kappa shape index (κ1) is 18.5. The summed E-state index contributed by atoms with van der Waals surface area (Å²) >= 11 is 0. The molecule has 5 heteroatoms. The second-order valence-electron chi connectivity index (χ2n) is 5.98. The lowest BCUT2D eigenvalue weighted by molar-refractivity contribution is -0.118. The summed E-state index contributed by atoms with van der Waals surface area (Å²) in [6.45, 7) is 3.36. The fourth-order valence-corrected chi connectivity index (χ4v) is 2.49. The summed E-state index contributed by atoms with van der Waals surface area (Å²) < 4.78 is 0. The molecule has 0 bridgehead atoms. The van der Waals surface area contributed by atoms with E-state index in [0.29, 0.717) is 25.1 Å². The van der Waals surface area contributed by atoms with Gasteiger partial charge in [0, 0.05) is 44.9 Å². The van der Waals surface area contributed by atoms with Crippen molar-refractivity contribution in [2.75, 3.05) is 25.0 Å². The lowest BCUT2D eigenvalue weighted by Gasteiger charge is -2.20. The van der Waals surface area contributed by atoms with Crippen molar-refractivity contribution < 1.29 is 9.59 Å². The molecule has 0 radical (unpaired) electrons. The van der Waals surface area contributed by atoms with E-state index in [1.165, 1.54) is 12.5 Å². The first-order valence-electron chi connectivity index (χ1n) is 8.44. The molecule has 0 aliphatic rings. The molecule has 132 valence electrons. The molecule has 0 saturated carbocycles. The molecule has 0 aromatic heterocycles. The lowest BCUT2D eigenvalue weighted by atomic mass is 10.1. The minimum absolute atomic E-state index is 0.0551. The van der Waals surface area contributed by atoms with Crippen molar-refractivity contribution in [1.29, 1.82) is 0 Å². The van der Waals surface area contributed by atoms with Crippen molar-refractivity contribution >= 4 is 17.5 Å². The molecule has 2 aromatic carbocycles. The number of amides is 2. The first-order valence-corrected chi connectivity index (χ1v) is 8.44. The molecule has 0 unspecified atom stereocenters. The van der Waals surface area contributed by atoms with Gasteiger partial charge < -0.3 is 15.5 Å². The van der Waals surface area contributed by atoms with Gasteiger partial charge in [-0.2, -0.15) is 0 Å². The number of anilines is 1. The lowest BCUT2D eigenvalue weighted by Crippen LogP contribution is -2.29. The van der Waals surface area contributed by atoms with Crippen LogP contribution >= 0.6 is 0 Å². The quantitative estimate of drug-likeness (QED) is 0.727. The van der Waals surface area contributed by atoms with E-state index >= 15 is 0 Å². The van der Waals surface area contributed by atoms with Crippen LogP contribution in [0, 0.1) is 0 Å². The van der Waals surface area contributed by atoms with Gasteiger partial charge in [0.2, 0.25) is 5.91 Å². The molecule has 2 N–H and O–H groups in total. The second-order valence-corrected chi connectivity index (χ2v) is 5.98. The third-order valence-corrected chi connectivity index (χ3v) is 3.82. The number of rotatable bonds is 8. The normalized spacial score (nSPS) is 10.2. The maximum absolute atomic E-state index is 12.3. The van der Waals surface area contributed by atoms with E-state index in [2.05, 4.69) is 27.7 Å². The Hall–Kier alpha value is -2.82. The van der Waals surface area contributed by atoms with Gasteiger partial charge in [-0.1, -0.05) is 36.4 Å². The van der Waals surface area contributed by atoms with Gasteiger partial charge in [0.05, 0.1) is 0 Å². The summed E-state index contributed by atoms with van der Waals surface area (Å²) in [6, 6.07) is 17.8. The largest absolute Gasteiger partial charge is 0.370 e. The van der Waals surface area contributed by atoms with E-state index in [-0.39, 0.29) is 11.8 Å². The van der Waals surface area contributed by atoms with Crippen LogP contribution in [-0.2, 0) is 11.3 Å². The van der Waals surface area contributed by atoms with Gasteiger partial charge in [-0.15, -0.1) is 0 Å². The average molecular weight is 339 g/mol. The van der Waals surface area contributed by atoms with Gasteiger partial charge >= 0.3 is 0 Å². The summed E-state index contributed by atoms with van der Waals surface area (Å²) in [4.78, 5) is 25.2.